The van der Waals surface area contributed by atoms with Gasteiger partial charge in [-0.2, -0.15) is 0 Å². The van der Waals surface area contributed by atoms with Crippen molar-refractivity contribution < 1.29 is 14.3 Å². The monoisotopic (exact) mass is 417 g/mol. The highest BCUT2D eigenvalue weighted by Gasteiger charge is 2.26. The first-order chi connectivity index (χ1) is 15.1. The molecule has 0 radical (unpaired) electrons. The summed E-state index contributed by atoms with van der Waals surface area (Å²) < 4.78 is 11.7. The molecule has 6 nitrogen and oxygen atoms in total. The molecule has 4 rings (SSSR count). The molecule has 2 heterocycles. The van der Waals surface area contributed by atoms with Gasteiger partial charge < -0.3 is 14.4 Å². The minimum Gasteiger partial charge on any atom is -0.484 e. The maximum atomic E-state index is 12.7. The number of carbonyl (C=O) groups is 1. The van der Waals surface area contributed by atoms with Crippen molar-refractivity contribution in [3.63, 3.8) is 0 Å². The molecule has 1 fully saturated rings. The number of aryl methyl sites for hydroxylation is 2. The molecule has 1 unspecified atom stereocenters. The Kier molecular flexibility index (Phi) is 6.46. The summed E-state index contributed by atoms with van der Waals surface area (Å²) in [6, 6.07) is 20.3. The molecule has 0 aliphatic carbocycles. The Morgan fingerprint density at radius 2 is 1.68 bits per heavy atom. The highest BCUT2D eigenvalue weighted by Crippen LogP contribution is 2.22. The van der Waals surface area contributed by atoms with Crippen LogP contribution in [0.4, 0.5) is 0 Å². The van der Waals surface area contributed by atoms with Crippen LogP contribution >= 0.6 is 0 Å². The molecule has 0 saturated carbocycles. The number of carbonyl (C=O) groups excluding carboxylic acids is 1. The van der Waals surface area contributed by atoms with E-state index >= 15 is 0 Å². The number of ether oxygens (including phenoxy) is 2. The molecule has 0 spiro atoms. The van der Waals surface area contributed by atoms with E-state index in [0.717, 1.165) is 35.4 Å². The highest BCUT2D eigenvalue weighted by molar-refractivity contribution is 5.78. The summed E-state index contributed by atoms with van der Waals surface area (Å²) in [5.74, 6) is 0.642. The number of amides is 1. The van der Waals surface area contributed by atoms with Crippen LogP contribution in [-0.2, 0) is 4.79 Å². The van der Waals surface area contributed by atoms with Gasteiger partial charge in [-0.05, 0) is 56.0 Å². The second-order valence-electron chi connectivity index (χ2n) is 7.83. The zero-order chi connectivity index (χ0) is 21.6. The van der Waals surface area contributed by atoms with Crippen LogP contribution in [-0.4, -0.2) is 46.6 Å². The van der Waals surface area contributed by atoms with E-state index in [2.05, 4.69) is 22.1 Å². The third-order valence-electron chi connectivity index (χ3n) is 5.29. The molecule has 2 aromatic carbocycles. The Labute approximate surface area is 182 Å². The minimum absolute atomic E-state index is 0.0114. The lowest BCUT2D eigenvalue weighted by Gasteiger charge is -2.32. The number of benzene rings is 2. The number of rotatable bonds is 6. The van der Waals surface area contributed by atoms with Crippen molar-refractivity contribution in [3.8, 4) is 22.9 Å². The molecule has 31 heavy (non-hydrogen) atoms. The van der Waals surface area contributed by atoms with Gasteiger partial charge in [-0.1, -0.05) is 42.5 Å². The minimum atomic E-state index is -0.107. The molecule has 1 aromatic heterocycles. The molecule has 1 atom stereocenters. The van der Waals surface area contributed by atoms with E-state index in [4.69, 9.17) is 9.47 Å². The molecule has 1 saturated heterocycles. The van der Waals surface area contributed by atoms with Crippen molar-refractivity contribution >= 4 is 5.91 Å². The first-order valence-corrected chi connectivity index (χ1v) is 10.6. The maximum absolute atomic E-state index is 12.7. The first-order valence-electron chi connectivity index (χ1n) is 10.6. The van der Waals surface area contributed by atoms with Crippen LogP contribution in [0.5, 0.6) is 11.8 Å². The van der Waals surface area contributed by atoms with Gasteiger partial charge in [-0.15, -0.1) is 0 Å². The summed E-state index contributed by atoms with van der Waals surface area (Å²) in [5.41, 5.74) is 4.01. The lowest BCUT2D eigenvalue weighted by atomic mass is 10.1. The molecular weight excluding hydrogens is 390 g/mol. The second kappa shape index (κ2) is 9.60. The number of hydrogen-bond acceptors (Lipinski definition) is 5. The Hall–Kier alpha value is -3.41. The van der Waals surface area contributed by atoms with Crippen molar-refractivity contribution in [2.75, 3.05) is 19.7 Å². The number of likely N-dealkylation sites (tertiary alicyclic amines) is 1. The topological polar surface area (TPSA) is 64.5 Å². The van der Waals surface area contributed by atoms with E-state index in [1.54, 1.807) is 4.90 Å². The van der Waals surface area contributed by atoms with E-state index in [1.807, 2.05) is 62.4 Å². The number of nitrogens with zero attached hydrogens (tertiary/aromatic N) is 3. The van der Waals surface area contributed by atoms with Gasteiger partial charge in [-0.3, -0.25) is 4.79 Å². The predicted molar refractivity (Wildman–Crippen MR) is 119 cm³/mol. The van der Waals surface area contributed by atoms with Gasteiger partial charge in [0.25, 0.3) is 5.91 Å². The molecule has 0 bridgehead atoms. The zero-order valence-corrected chi connectivity index (χ0v) is 18.0. The Morgan fingerprint density at radius 3 is 2.39 bits per heavy atom. The Bertz CT molecular complexity index is 1000. The molecule has 0 N–H and O–H groups in total. The van der Waals surface area contributed by atoms with E-state index in [0.29, 0.717) is 24.8 Å². The molecule has 1 aliphatic rings. The zero-order valence-electron chi connectivity index (χ0n) is 18.0. The molecule has 160 valence electrons. The summed E-state index contributed by atoms with van der Waals surface area (Å²) in [6.07, 6.45) is 1.65. The van der Waals surface area contributed by atoms with E-state index in [-0.39, 0.29) is 18.6 Å². The van der Waals surface area contributed by atoms with Crippen LogP contribution in [0.2, 0.25) is 0 Å². The molecular formula is C25H27N3O3. The van der Waals surface area contributed by atoms with E-state index < -0.39 is 0 Å². The highest BCUT2D eigenvalue weighted by atomic mass is 16.5. The van der Waals surface area contributed by atoms with Gasteiger partial charge in [0.2, 0.25) is 0 Å². The van der Waals surface area contributed by atoms with Gasteiger partial charge in [-0.25, -0.2) is 9.97 Å². The quantitative estimate of drug-likeness (QED) is 0.601. The fourth-order valence-electron chi connectivity index (χ4n) is 3.77. The number of aromatic nitrogens is 2. The lowest BCUT2D eigenvalue weighted by molar-refractivity contribution is -0.136. The predicted octanol–water partition coefficient (Wildman–Crippen LogP) is 4.21. The average molecular weight is 418 g/mol. The molecule has 3 aromatic rings. The van der Waals surface area contributed by atoms with Crippen LogP contribution in [0.1, 0.15) is 24.2 Å². The van der Waals surface area contributed by atoms with E-state index in [9.17, 15) is 4.79 Å². The summed E-state index contributed by atoms with van der Waals surface area (Å²) in [5, 5.41) is 0. The summed E-state index contributed by atoms with van der Waals surface area (Å²) in [4.78, 5) is 23.2. The second-order valence-corrected chi connectivity index (χ2v) is 7.83. The van der Waals surface area contributed by atoms with Gasteiger partial charge >= 0.3 is 6.01 Å². The fraction of sp³-hybridized carbons (Fsp3) is 0.320. The van der Waals surface area contributed by atoms with Gasteiger partial charge in [0.15, 0.2) is 6.61 Å². The maximum Gasteiger partial charge on any atom is 0.317 e. The standard InChI is InChI=1S/C25H27N3O3/c1-18-15-19(2)27-25(26-18)31-23-9-6-14-28(16-23)24(29)17-30-22-12-10-21(11-13-22)20-7-4-3-5-8-20/h3-5,7-8,10-13,15,23H,6,9,14,16-17H2,1-2H3. The third-order valence-corrected chi connectivity index (χ3v) is 5.29. The molecule has 1 aliphatic heterocycles. The SMILES string of the molecule is Cc1cc(C)nc(OC2CCCN(C(=O)COc3ccc(-c4ccccc4)cc3)C2)n1. The number of hydrogen-bond donors (Lipinski definition) is 0. The average Bonchev–Trinajstić information content (AvgIpc) is 2.78. The van der Waals surface area contributed by atoms with E-state index in [1.165, 1.54) is 0 Å². The van der Waals surface area contributed by atoms with Crippen molar-refractivity contribution in [1.82, 2.24) is 14.9 Å². The summed E-state index contributed by atoms with van der Waals surface area (Å²) in [7, 11) is 0. The van der Waals surface area contributed by atoms with Crippen molar-refractivity contribution in [3.05, 3.63) is 72.1 Å². The fourth-order valence-corrected chi connectivity index (χ4v) is 3.77. The van der Waals surface area contributed by atoms with Gasteiger partial charge in [0.05, 0.1) is 6.54 Å². The van der Waals surface area contributed by atoms with Crippen LogP contribution in [0.15, 0.2) is 60.7 Å². The van der Waals surface area contributed by atoms with Crippen LogP contribution in [0.3, 0.4) is 0 Å². The van der Waals surface area contributed by atoms with Crippen molar-refractivity contribution in [2.45, 2.75) is 32.8 Å². The van der Waals surface area contributed by atoms with Crippen molar-refractivity contribution in [1.29, 1.82) is 0 Å². The van der Waals surface area contributed by atoms with Gasteiger partial charge in [0, 0.05) is 17.9 Å². The lowest BCUT2D eigenvalue weighted by Crippen LogP contribution is -2.46. The van der Waals surface area contributed by atoms with Crippen LogP contribution in [0, 0.1) is 13.8 Å². The van der Waals surface area contributed by atoms with Crippen LogP contribution < -0.4 is 9.47 Å². The number of piperidine rings is 1. The Morgan fingerprint density at radius 1 is 1.00 bits per heavy atom. The normalized spacial score (nSPS) is 16.1. The summed E-state index contributed by atoms with van der Waals surface area (Å²) in [6.45, 7) is 5.08. The molecule has 1 amide bonds. The third kappa shape index (κ3) is 5.60. The van der Waals surface area contributed by atoms with Crippen LogP contribution in [0.25, 0.3) is 11.1 Å². The molecule has 6 heteroatoms. The smallest absolute Gasteiger partial charge is 0.317 e. The largest absolute Gasteiger partial charge is 0.484 e. The van der Waals surface area contributed by atoms with Crippen molar-refractivity contribution in [2.24, 2.45) is 0 Å². The first kappa shape index (κ1) is 20.8. The Balaban J connectivity index is 1.30. The summed E-state index contributed by atoms with van der Waals surface area (Å²) >= 11 is 0. The van der Waals surface area contributed by atoms with Gasteiger partial charge in [0.1, 0.15) is 11.9 Å².